The first-order valence-electron chi connectivity index (χ1n) is 3.27. The van der Waals surface area contributed by atoms with Crippen LogP contribution < -0.4 is 11.0 Å². The zero-order valence-electron chi connectivity index (χ0n) is 5.42. The lowest BCUT2D eigenvalue weighted by atomic mass is 10.4. The van der Waals surface area contributed by atoms with Crippen LogP contribution in [0.25, 0.3) is 0 Å². The van der Waals surface area contributed by atoms with Crippen molar-refractivity contribution >= 4 is 5.95 Å². The Bertz CT molecular complexity index is 260. The number of H-pyrrole nitrogens is 1. The summed E-state index contributed by atoms with van der Waals surface area (Å²) in [6.45, 7) is 1.77. The molecule has 5 nitrogen and oxygen atoms in total. The van der Waals surface area contributed by atoms with Crippen molar-refractivity contribution < 1.29 is 0 Å². The molecule has 0 radical (unpaired) electrons. The van der Waals surface area contributed by atoms with E-state index < -0.39 is 0 Å². The van der Waals surface area contributed by atoms with E-state index in [-0.39, 0.29) is 5.69 Å². The molecule has 0 spiro atoms. The normalized spacial score (nSPS) is 16.0. The number of aryl methyl sites for hydroxylation is 1. The first-order chi connectivity index (χ1) is 4.86. The maximum Gasteiger partial charge on any atom is 0.363 e. The molecular weight excluding hydrogens is 132 g/mol. The van der Waals surface area contributed by atoms with Crippen LogP contribution in [0.3, 0.4) is 0 Å². The van der Waals surface area contributed by atoms with Crippen molar-refractivity contribution in [2.75, 3.05) is 11.9 Å². The lowest BCUT2D eigenvalue weighted by Gasteiger charge is -2.13. The van der Waals surface area contributed by atoms with Crippen molar-refractivity contribution in [3.8, 4) is 0 Å². The molecule has 1 aliphatic rings. The minimum Gasteiger partial charge on any atom is -0.354 e. The summed E-state index contributed by atoms with van der Waals surface area (Å²) in [5, 5.41) is 5.59. The van der Waals surface area contributed by atoms with E-state index in [4.69, 9.17) is 0 Å². The van der Waals surface area contributed by atoms with Crippen LogP contribution in [-0.2, 0) is 6.54 Å². The lowest BCUT2D eigenvalue weighted by Crippen LogP contribution is -2.18. The molecule has 1 aromatic heterocycles. The summed E-state index contributed by atoms with van der Waals surface area (Å²) in [4.78, 5) is 14.3. The van der Waals surface area contributed by atoms with Crippen LogP contribution in [0.15, 0.2) is 4.79 Å². The Labute approximate surface area is 57.1 Å². The molecule has 5 heteroatoms. The summed E-state index contributed by atoms with van der Waals surface area (Å²) < 4.78 is 1.73. The summed E-state index contributed by atoms with van der Waals surface area (Å²) in [5.74, 6) is 0.663. The number of rotatable bonds is 0. The molecule has 0 saturated heterocycles. The van der Waals surface area contributed by atoms with Gasteiger partial charge in [0.05, 0.1) is 0 Å². The number of aromatic nitrogens is 3. The van der Waals surface area contributed by atoms with E-state index in [1.807, 2.05) is 0 Å². The molecule has 0 bridgehead atoms. The molecule has 2 rings (SSSR count). The van der Waals surface area contributed by atoms with E-state index >= 15 is 0 Å². The molecule has 0 saturated carbocycles. The highest BCUT2D eigenvalue weighted by molar-refractivity contribution is 5.24. The number of hydrogen-bond acceptors (Lipinski definition) is 3. The molecule has 0 fully saturated rings. The number of hydrogen-bond donors (Lipinski definition) is 2. The zero-order chi connectivity index (χ0) is 6.97. The molecule has 1 aliphatic heterocycles. The van der Waals surface area contributed by atoms with Gasteiger partial charge in [-0.1, -0.05) is 0 Å². The van der Waals surface area contributed by atoms with Crippen LogP contribution in [0.1, 0.15) is 6.42 Å². The van der Waals surface area contributed by atoms with Gasteiger partial charge in [-0.15, -0.1) is 0 Å². The second kappa shape index (κ2) is 1.86. The van der Waals surface area contributed by atoms with Gasteiger partial charge in [-0.2, -0.15) is 4.98 Å². The van der Waals surface area contributed by atoms with Gasteiger partial charge in [-0.25, -0.2) is 9.89 Å². The molecule has 54 valence electrons. The Morgan fingerprint density at radius 1 is 1.60 bits per heavy atom. The predicted octanol–water partition coefficient (Wildman–Crippen LogP) is -0.613. The van der Waals surface area contributed by atoms with E-state index in [0.29, 0.717) is 5.95 Å². The number of fused-ring (bicyclic) bond motifs is 1. The van der Waals surface area contributed by atoms with E-state index in [1.165, 1.54) is 0 Å². The van der Waals surface area contributed by atoms with Crippen LogP contribution in [0, 0.1) is 0 Å². The summed E-state index contributed by atoms with van der Waals surface area (Å²) in [6, 6.07) is 0. The molecule has 2 N–H and O–H groups in total. The highest BCUT2D eigenvalue weighted by Gasteiger charge is 2.08. The van der Waals surface area contributed by atoms with Crippen LogP contribution in [0.2, 0.25) is 0 Å². The van der Waals surface area contributed by atoms with E-state index in [0.717, 1.165) is 19.5 Å². The van der Waals surface area contributed by atoms with Gasteiger partial charge in [0.1, 0.15) is 0 Å². The number of aromatic amines is 1. The van der Waals surface area contributed by atoms with E-state index in [9.17, 15) is 4.79 Å². The number of anilines is 1. The van der Waals surface area contributed by atoms with Crippen LogP contribution in [-0.4, -0.2) is 21.3 Å². The summed E-state index contributed by atoms with van der Waals surface area (Å²) in [6.07, 6.45) is 1.04. The molecule has 1 aromatic rings. The quantitative estimate of drug-likeness (QED) is 0.505. The molecule has 0 unspecified atom stereocenters. The average molecular weight is 140 g/mol. The first-order valence-corrected chi connectivity index (χ1v) is 3.27. The van der Waals surface area contributed by atoms with Crippen molar-refractivity contribution in [1.29, 1.82) is 0 Å². The van der Waals surface area contributed by atoms with E-state index in [1.54, 1.807) is 4.68 Å². The van der Waals surface area contributed by atoms with Crippen LogP contribution in [0.4, 0.5) is 5.95 Å². The fourth-order valence-corrected chi connectivity index (χ4v) is 1.08. The third kappa shape index (κ3) is 0.706. The Balaban J connectivity index is 2.50. The van der Waals surface area contributed by atoms with Gasteiger partial charge in [0.2, 0.25) is 5.95 Å². The van der Waals surface area contributed by atoms with Crippen LogP contribution in [0.5, 0.6) is 0 Å². The van der Waals surface area contributed by atoms with E-state index in [2.05, 4.69) is 15.4 Å². The average Bonchev–Trinajstić information content (AvgIpc) is 2.27. The standard InChI is InChI=1S/C5H8N4O/c10-5-7-4-6-2-1-3-9(4)8-5/h1-3H2,(H2,6,7,8,10). The van der Waals surface area contributed by atoms with Crippen molar-refractivity contribution in [3.05, 3.63) is 10.5 Å². The molecular formula is C5H8N4O. The highest BCUT2D eigenvalue weighted by atomic mass is 16.1. The third-order valence-electron chi connectivity index (χ3n) is 1.54. The largest absolute Gasteiger partial charge is 0.363 e. The lowest BCUT2D eigenvalue weighted by molar-refractivity contribution is 0.562. The Morgan fingerprint density at radius 2 is 2.50 bits per heavy atom. The zero-order valence-corrected chi connectivity index (χ0v) is 5.42. The maximum absolute atomic E-state index is 10.6. The summed E-state index contributed by atoms with van der Waals surface area (Å²) in [7, 11) is 0. The second-order valence-corrected chi connectivity index (χ2v) is 2.28. The molecule has 0 aliphatic carbocycles. The third-order valence-corrected chi connectivity index (χ3v) is 1.54. The molecule has 0 atom stereocenters. The monoisotopic (exact) mass is 140 g/mol. The number of nitrogens with one attached hydrogen (secondary N) is 2. The molecule has 2 heterocycles. The van der Waals surface area contributed by atoms with Crippen molar-refractivity contribution in [2.24, 2.45) is 0 Å². The molecule has 0 aromatic carbocycles. The van der Waals surface area contributed by atoms with Crippen LogP contribution >= 0.6 is 0 Å². The summed E-state index contributed by atoms with van der Waals surface area (Å²) >= 11 is 0. The first kappa shape index (κ1) is 5.52. The van der Waals surface area contributed by atoms with Gasteiger partial charge in [-0.3, -0.25) is 4.68 Å². The van der Waals surface area contributed by atoms with Gasteiger partial charge in [-0.05, 0) is 6.42 Å². The molecule has 10 heavy (non-hydrogen) atoms. The van der Waals surface area contributed by atoms with Gasteiger partial charge in [0.25, 0.3) is 0 Å². The minimum absolute atomic E-state index is 0.274. The Kier molecular flexibility index (Phi) is 1.03. The smallest absolute Gasteiger partial charge is 0.354 e. The molecule has 0 amide bonds. The second-order valence-electron chi connectivity index (χ2n) is 2.28. The maximum atomic E-state index is 10.6. The Hall–Kier alpha value is -1.26. The SMILES string of the molecule is O=c1nc2n([nH]1)CCCN2. The predicted molar refractivity (Wildman–Crippen MR) is 36.0 cm³/mol. The van der Waals surface area contributed by atoms with Gasteiger partial charge < -0.3 is 5.32 Å². The number of nitrogens with zero attached hydrogens (tertiary/aromatic N) is 2. The fraction of sp³-hybridized carbons (Fsp3) is 0.600. The Morgan fingerprint density at radius 3 is 3.30 bits per heavy atom. The van der Waals surface area contributed by atoms with Crippen molar-refractivity contribution in [2.45, 2.75) is 13.0 Å². The van der Waals surface area contributed by atoms with Crippen molar-refractivity contribution in [1.82, 2.24) is 14.8 Å². The van der Waals surface area contributed by atoms with Gasteiger partial charge in [0.15, 0.2) is 0 Å². The van der Waals surface area contributed by atoms with Crippen molar-refractivity contribution in [3.63, 3.8) is 0 Å². The highest BCUT2D eigenvalue weighted by Crippen LogP contribution is 2.04. The fourth-order valence-electron chi connectivity index (χ4n) is 1.08. The van der Waals surface area contributed by atoms with Gasteiger partial charge in [0, 0.05) is 13.1 Å². The topological polar surface area (TPSA) is 62.7 Å². The minimum atomic E-state index is -0.274. The van der Waals surface area contributed by atoms with Gasteiger partial charge >= 0.3 is 5.69 Å². The summed E-state index contributed by atoms with van der Waals surface area (Å²) in [5.41, 5.74) is -0.274.